The molecule has 2 amide bonds. The fraction of sp³-hybridized carbons (Fsp3) is 0.346. The van der Waals surface area contributed by atoms with Crippen LogP contribution in [0, 0.1) is 6.92 Å². The van der Waals surface area contributed by atoms with Gasteiger partial charge >= 0.3 is 0 Å². The summed E-state index contributed by atoms with van der Waals surface area (Å²) in [6.07, 6.45) is 3.46. The molecule has 33 heavy (non-hydrogen) atoms. The van der Waals surface area contributed by atoms with Gasteiger partial charge in [-0.15, -0.1) is 0 Å². The van der Waals surface area contributed by atoms with Gasteiger partial charge in [-0.3, -0.25) is 9.59 Å². The number of carbonyl (C=O) groups is 2. The van der Waals surface area contributed by atoms with Gasteiger partial charge in [-0.2, -0.15) is 0 Å². The van der Waals surface area contributed by atoms with Crippen LogP contribution in [0.5, 0.6) is 5.75 Å². The van der Waals surface area contributed by atoms with E-state index in [1.54, 1.807) is 4.90 Å². The van der Waals surface area contributed by atoms with Crippen LogP contribution >= 0.6 is 0 Å². The third-order valence-electron chi connectivity index (χ3n) is 6.32. The molecule has 2 atom stereocenters. The number of carbonyl (C=O) groups excluding carboxylic acids is 2. The van der Waals surface area contributed by atoms with Crippen molar-refractivity contribution in [2.24, 2.45) is 0 Å². The second-order valence-electron chi connectivity index (χ2n) is 8.69. The third kappa shape index (κ3) is 4.35. The normalized spacial score (nSPS) is 20.3. The maximum atomic E-state index is 13.7. The van der Waals surface area contributed by atoms with Crippen LogP contribution in [0.1, 0.15) is 35.3 Å². The molecule has 2 saturated heterocycles. The summed E-state index contributed by atoms with van der Waals surface area (Å²) >= 11 is 0. The minimum absolute atomic E-state index is 0.0133. The van der Waals surface area contributed by atoms with Crippen molar-refractivity contribution in [3.05, 3.63) is 72.2 Å². The van der Waals surface area contributed by atoms with Gasteiger partial charge < -0.3 is 19.0 Å². The minimum atomic E-state index is -0.577. The maximum Gasteiger partial charge on any atom is 0.277 e. The fourth-order valence-electron chi connectivity index (χ4n) is 4.71. The average Bonchev–Trinajstić information content (AvgIpc) is 3.60. The van der Waals surface area contributed by atoms with E-state index < -0.39 is 6.04 Å². The van der Waals surface area contributed by atoms with Gasteiger partial charge in [-0.05, 0) is 38.0 Å². The zero-order chi connectivity index (χ0) is 22.8. The lowest BCUT2D eigenvalue weighted by Gasteiger charge is -2.27. The molecule has 1 aromatic heterocycles. The van der Waals surface area contributed by atoms with E-state index in [0.717, 1.165) is 42.8 Å². The Kier molecular flexibility index (Phi) is 5.86. The number of para-hydroxylation sites is 1. The lowest BCUT2D eigenvalue weighted by atomic mass is 10.1. The molecule has 3 heterocycles. The standard InChI is InChI=1S/C26H27N3O4/c1-18-8-7-9-19(14-18)24-23(27-17-32-24)26(31)29-16-21(33-20-10-3-2-4-11-20)15-22(29)25(30)28-12-5-6-13-28/h2-4,7-11,14,17,21-22H,5-6,12-13,15-16H2,1H3/t21-,22-/m0/s1. The molecular formula is C26H27N3O4. The largest absolute Gasteiger partial charge is 0.488 e. The molecule has 7 nitrogen and oxygen atoms in total. The van der Waals surface area contributed by atoms with Crippen molar-refractivity contribution in [2.75, 3.05) is 19.6 Å². The molecule has 0 aliphatic carbocycles. The van der Waals surface area contributed by atoms with E-state index in [4.69, 9.17) is 9.15 Å². The number of oxazole rings is 1. The smallest absolute Gasteiger partial charge is 0.277 e. The summed E-state index contributed by atoms with van der Waals surface area (Å²) in [6.45, 7) is 3.77. The number of aryl methyl sites for hydroxylation is 1. The highest BCUT2D eigenvalue weighted by Gasteiger charge is 2.44. The average molecular weight is 446 g/mol. The van der Waals surface area contributed by atoms with Crippen LogP contribution in [0.25, 0.3) is 11.3 Å². The molecule has 2 aromatic carbocycles. The van der Waals surface area contributed by atoms with Gasteiger partial charge in [0.25, 0.3) is 5.91 Å². The number of likely N-dealkylation sites (tertiary alicyclic amines) is 2. The van der Waals surface area contributed by atoms with Crippen LogP contribution < -0.4 is 4.74 Å². The Balaban J connectivity index is 1.43. The first-order chi connectivity index (χ1) is 16.1. The Hall–Kier alpha value is -3.61. The summed E-state index contributed by atoms with van der Waals surface area (Å²) < 4.78 is 11.8. The molecule has 0 N–H and O–H groups in total. The molecule has 5 rings (SSSR count). The number of hydrogen-bond donors (Lipinski definition) is 0. The Morgan fingerprint density at radius 1 is 1.06 bits per heavy atom. The number of benzene rings is 2. The summed E-state index contributed by atoms with van der Waals surface area (Å²) in [6, 6.07) is 16.7. The highest BCUT2D eigenvalue weighted by molar-refractivity contribution is 6.00. The summed E-state index contributed by atoms with van der Waals surface area (Å²) in [5.41, 5.74) is 2.07. The van der Waals surface area contributed by atoms with Gasteiger partial charge in [-0.25, -0.2) is 4.98 Å². The van der Waals surface area contributed by atoms with Crippen LogP contribution in [0.3, 0.4) is 0 Å². The van der Waals surface area contributed by atoms with Crippen LogP contribution in [0.15, 0.2) is 65.4 Å². The maximum absolute atomic E-state index is 13.7. The zero-order valence-electron chi connectivity index (χ0n) is 18.6. The molecule has 2 aliphatic heterocycles. The Morgan fingerprint density at radius 3 is 2.61 bits per heavy atom. The van der Waals surface area contributed by atoms with Crippen LogP contribution in [-0.2, 0) is 4.79 Å². The summed E-state index contributed by atoms with van der Waals surface area (Å²) in [5, 5.41) is 0. The number of hydrogen-bond acceptors (Lipinski definition) is 5. The molecule has 0 saturated carbocycles. The second kappa shape index (κ2) is 9.10. The van der Waals surface area contributed by atoms with E-state index in [1.807, 2.05) is 66.4 Å². The van der Waals surface area contributed by atoms with Crippen molar-refractivity contribution in [1.82, 2.24) is 14.8 Å². The fourth-order valence-corrected chi connectivity index (χ4v) is 4.71. The van der Waals surface area contributed by atoms with Gasteiger partial charge in [0.1, 0.15) is 17.9 Å². The topological polar surface area (TPSA) is 75.9 Å². The van der Waals surface area contributed by atoms with Crippen LogP contribution in [0.4, 0.5) is 0 Å². The Labute approximate surface area is 193 Å². The molecule has 0 spiro atoms. The molecule has 2 aliphatic rings. The predicted molar refractivity (Wildman–Crippen MR) is 123 cm³/mol. The summed E-state index contributed by atoms with van der Waals surface area (Å²) in [5.74, 6) is 0.826. The van der Waals surface area contributed by atoms with Gasteiger partial charge in [0.15, 0.2) is 17.8 Å². The highest BCUT2D eigenvalue weighted by Crippen LogP contribution is 2.30. The SMILES string of the molecule is Cc1cccc(-c2ocnc2C(=O)N2C[C@@H](Oc3ccccc3)C[C@H]2C(=O)N2CCCC2)c1. The number of nitrogens with zero attached hydrogens (tertiary/aromatic N) is 3. The van der Waals surface area contributed by atoms with Gasteiger partial charge in [0, 0.05) is 25.1 Å². The first kappa shape index (κ1) is 21.2. The molecular weight excluding hydrogens is 418 g/mol. The van der Waals surface area contributed by atoms with E-state index in [0.29, 0.717) is 18.7 Å². The quantitative estimate of drug-likeness (QED) is 0.595. The summed E-state index contributed by atoms with van der Waals surface area (Å²) in [4.78, 5) is 34.8. The van der Waals surface area contributed by atoms with E-state index >= 15 is 0 Å². The summed E-state index contributed by atoms with van der Waals surface area (Å²) in [7, 11) is 0. The third-order valence-corrected chi connectivity index (χ3v) is 6.32. The van der Waals surface area contributed by atoms with Crippen molar-refractivity contribution >= 4 is 11.8 Å². The van der Waals surface area contributed by atoms with Crippen molar-refractivity contribution < 1.29 is 18.7 Å². The Bertz CT molecular complexity index is 1140. The van der Waals surface area contributed by atoms with Gasteiger partial charge in [0.05, 0.1) is 6.54 Å². The molecule has 170 valence electrons. The lowest BCUT2D eigenvalue weighted by molar-refractivity contribution is -0.134. The molecule has 0 radical (unpaired) electrons. The second-order valence-corrected chi connectivity index (χ2v) is 8.69. The van der Waals surface area contributed by atoms with Crippen molar-refractivity contribution in [3.8, 4) is 17.1 Å². The number of aromatic nitrogens is 1. The van der Waals surface area contributed by atoms with Crippen LogP contribution in [0.2, 0.25) is 0 Å². The molecule has 2 fully saturated rings. The number of rotatable bonds is 5. The molecule has 7 heteroatoms. The predicted octanol–water partition coefficient (Wildman–Crippen LogP) is 3.93. The molecule has 0 bridgehead atoms. The van der Waals surface area contributed by atoms with E-state index in [9.17, 15) is 9.59 Å². The van der Waals surface area contributed by atoms with E-state index in [2.05, 4.69) is 4.98 Å². The minimum Gasteiger partial charge on any atom is -0.488 e. The van der Waals surface area contributed by atoms with Gasteiger partial charge in [0.2, 0.25) is 5.91 Å². The molecule has 3 aromatic rings. The van der Waals surface area contributed by atoms with E-state index in [-0.39, 0.29) is 23.6 Å². The molecule has 0 unspecified atom stereocenters. The monoisotopic (exact) mass is 445 g/mol. The first-order valence-corrected chi connectivity index (χ1v) is 11.4. The van der Waals surface area contributed by atoms with Crippen molar-refractivity contribution in [1.29, 1.82) is 0 Å². The van der Waals surface area contributed by atoms with Gasteiger partial charge in [-0.1, -0.05) is 42.0 Å². The zero-order valence-corrected chi connectivity index (χ0v) is 18.6. The number of ether oxygens (including phenoxy) is 1. The lowest BCUT2D eigenvalue weighted by Crippen LogP contribution is -2.47. The van der Waals surface area contributed by atoms with Crippen LogP contribution in [-0.4, -0.2) is 58.4 Å². The Morgan fingerprint density at radius 2 is 1.85 bits per heavy atom. The first-order valence-electron chi connectivity index (χ1n) is 11.4. The number of amides is 2. The van der Waals surface area contributed by atoms with E-state index in [1.165, 1.54) is 6.39 Å². The highest BCUT2D eigenvalue weighted by atomic mass is 16.5. The van der Waals surface area contributed by atoms with Crippen molar-refractivity contribution in [2.45, 2.75) is 38.3 Å². The van der Waals surface area contributed by atoms with Crippen molar-refractivity contribution in [3.63, 3.8) is 0 Å².